The SMILES string of the molecule is Cc1ccc(C(=O)NCC2(CCl)CC2)s1. The summed E-state index contributed by atoms with van der Waals surface area (Å²) >= 11 is 7.37. The predicted octanol–water partition coefficient (Wildman–Crippen LogP) is 2.81. The number of amides is 1. The smallest absolute Gasteiger partial charge is 0.261 e. The molecule has 1 N–H and O–H groups in total. The van der Waals surface area contributed by atoms with E-state index in [0.29, 0.717) is 12.4 Å². The van der Waals surface area contributed by atoms with E-state index in [0.717, 1.165) is 17.7 Å². The Morgan fingerprint density at radius 3 is 2.80 bits per heavy atom. The Morgan fingerprint density at radius 2 is 2.33 bits per heavy atom. The topological polar surface area (TPSA) is 29.1 Å². The fourth-order valence-electron chi connectivity index (χ4n) is 1.45. The highest BCUT2D eigenvalue weighted by Gasteiger charge is 2.41. The van der Waals surface area contributed by atoms with Gasteiger partial charge in [-0.05, 0) is 31.9 Å². The van der Waals surface area contributed by atoms with Gasteiger partial charge in [0.2, 0.25) is 0 Å². The first-order chi connectivity index (χ1) is 7.15. The van der Waals surface area contributed by atoms with Crippen LogP contribution in [0.1, 0.15) is 27.4 Å². The largest absolute Gasteiger partial charge is 0.351 e. The molecule has 0 unspecified atom stereocenters. The molecule has 2 rings (SSSR count). The number of alkyl halides is 1. The minimum atomic E-state index is 0.0319. The summed E-state index contributed by atoms with van der Waals surface area (Å²) in [6, 6.07) is 3.84. The zero-order valence-corrected chi connectivity index (χ0v) is 10.3. The summed E-state index contributed by atoms with van der Waals surface area (Å²) in [7, 11) is 0. The first kappa shape index (κ1) is 11.0. The molecule has 1 aliphatic carbocycles. The van der Waals surface area contributed by atoms with Crippen molar-refractivity contribution in [3.8, 4) is 0 Å². The fourth-order valence-corrected chi connectivity index (χ4v) is 2.59. The van der Waals surface area contributed by atoms with Crippen LogP contribution < -0.4 is 5.32 Å². The first-order valence-corrected chi connectivity index (χ1v) is 6.41. The van der Waals surface area contributed by atoms with Crippen molar-refractivity contribution >= 4 is 28.8 Å². The van der Waals surface area contributed by atoms with E-state index in [-0.39, 0.29) is 11.3 Å². The van der Waals surface area contributed by atoms with Gasteiger partial charge in [-0.25, -0.2) is 0 Å². The number of carbonyl (C=O) groups is 1. The van der Waals surface area contributed by atoms with Crippen molar-refractivity contribution in [2.45, 2.75) is 19.8 Å². The van der Waals surface area contributed by atoms with Crippen molar-refractivity contribution in [2.24, 2.45) is 5.41 Å². The normalized spacial score (nSPS) is 17.5. The average molecular weight is 244 g/mol. The number of nitrogens with one attached hydrogen (secondary N) is 1. The monoisotopic (exact) mass is 243 g/mol. The van der Waals surface area contributed by atoms with Gasteiger partial charge in [0, 0.05) is 22.7 Å². The molecule has 0 saturated heterocycles. The molecule has 0 spiro atoms. The van der Waals surface area contributed by atoms with Crippen molar-refractivity contribution in [3.63, 3.8) is 0 Å². The molecule has 0 bridgehead atoms. The van der Waals surface area contributed by atoms with E-state index in [1.54, 1.807) is 0 Å². The van der Waals surface area contributed by atoms with E-state index < -0.39 is 0 Å². The van der Waals surface area contributed by atoms with Crippen LogP contribution in [0.25, 0.3) is 0 Å². The number of halogens is 1. The molecule has 4 heteroatoms. The van der Waals surface area contributed by atoms with Gasteiger partial charge < -0.3 is 5.32 Å². The first-order valence-electron chi connectivity index (χ1n) is 5.06. The van der Waals surface area contributed by atoms with Gasteiger partial charge in [0.05, 0.1) is 4.88 Å². The Balaban J connectivity index is 1.88. The lowest BCUT2D eigenvalue weighted by molar-refractivity contribution is 0.0950. The third kappa shape index (κ3) is 2.52. The summed E-state index contributed by atoms with van der Waals surface area (Å²) in [5, 5.41) is 2.95. The molecule has 1 aromatic rings. The second-order valence-electron chi connectivity index (χ2n) is 4.23. The van der Waals surface area contributed by atoms with Crippen LogP contribution >= 0.6 is 22.9 Å². The Morgan fingerprint density at radius 1 is 1.60 bits per heavy atom. The second kappa shape index (κ2) is 4.14. The summed E-state index contributed by atoms with van der Waals surface area (Å²) in [5.74, 6) is 0.681. The van der Waals surface area contributed by atoms with Crippen molar-refractivity contribution in [1.29, 1.82) is 0 Å². The summed E-state index contributed by atoms with van der Waals surface area (Å²) < 4.78 is 0. The van der Waals surface area contributed by atoms with Crippen LogP contribution in [-0.4, -0.2) is 18.3 Å². The zero-order valence-electron chi connectivity index (χ0n) is 8.68. The van der Waals surface area contributed by atoms with Crippen LogP contribution in [0.5, 0.6) is 0 Å². The Labute approximate surface area is 98.6 Å². The summed E-state index contributed by atoms with van der Waals surface area (Å²) in [5.41, 5.74) is 0.198. The van der Waals surface area contributed by atoms with Crippen LogP contribution in [0.3, 0.4) is 0 Å². The van der Waals surface area contributed by atoms with E-state index in [1.807, 2.05) is 19.1 Å². The van der Waals surface area contributed by atoms with Gasteiger partial charge in [-0.1, -0.05) is 0 Å². The second-order valence-corrected chi connectivity index (χ2v) is 5.78. The summed E-state index contributed by atoms with van der Waals surface area (Å²) in [4.78, 5) is 13.7. The van der Waals surface area contributed by atoms with Gasteiger partial charge in [-0.15, -0.1) is 22.9 Å². The van der Waals surface area contributed by atoms with E-state index in [4.69, 9.17) is 11.6 Å². The number of hydrogen-bond donors (Lipinski definition) is 1. The highest BCUT2D eigenvalue weighted by Crippen LogP contribution is 2.45. The molecule has 1 saturated carbocycles. The summed E-state index contributed by atoms with van der Waals surface area (Å²) in [6.07, 6.45) is 2.28. The maximum absolute atomic E-state index is 11.7. The molecular weight excluding hydrogens is 230 g/mol. The number of thiophene rings is 1. The van der Waals surface area contributed by atoms with E-state index in [9.17, 15) is 4.79 Å². The van der Waals surface area contributed by atoms with Crippen LogP contribution in [0.15, 0.2) is 12.1 Å². The van der Waals surface area contributed by atoms with Crippen LogP contribution in [-0.2, 0) is 0 Å². The molecule has 0 radical (unpaired) electrons. The number of hydrogen-bond acceptors (Lipinski definition) is 2. The third-order valence-electron chi connectivity index (χ3n) is 2.83. The predicted molar refractivity (Wildman–Crippen MR) is 63.8 cm³/mol. The highest BCUT2D eigenvalue weighted by atomic mass is 35.5. The van der Waals surface area contributed by atoms with Gasteiger partial charge in [-0.2, -0.15) is 0 Å². The van der Waals surface area contributed by atoms with Gasteiger partial charge in [0.15, 0.2) is 0 Å². The molecule has 15 heavy (non-hydrogen) atoms. The lowest BCUT2D eigenvalue weighted by atomic mass is 10.1. The van der Waals surface area contributed by atoms with Crippen LogP contribution in [0.2, 0.25) is 0 Å². The third-order valence-corrected chi connectivity index (χ3v) is 4.40. The Hall–Kier alpha value is -0.540. The molecule has 0 atom stereocenters. The molecule has 2 nitrogen and oxygen atoms in total. The standard InChI is InChI=1S/C11H14ClNOS/c1-8-2-3-9(15-8)10(14)13-7-11(6-12)4-5-11/h2-3H,4-7H2,1H3,(H,13,14). The Kier molecular flexibility index (Phi) is 3.03. The van der Waals surface area contributed by atoms with E-state index in [1.165, 1.54) is 16.2 Å². The van der Waals surface area contributed by atoms with Crippen molar-refractivity contribution < 1.29 is 4.79 Å². The van der Waals surface area contributed by atoms with Crippen LogP contribution in [0.4, 0.5) is 0 Å². The van der Waals surface area contributed by atoms with Gasteiger partial charge in [-0.3, -0.25) is 4.79 Å². The van der Waals surface area contributed by atoms with Gasteiger partial charge in [0.1, 0.15) is 0 Å². The maximum atomic E-state index is 11.7. The van der Waals surface area contributed by atoms with E-state index >= 15 is 0 Å². The van der Waals surface area contributed by atoms with Crippen LogP contribution in [0, 0.1) is 12.3 Å². The minimum absolute atomic E-state index is 0.0319. The Bertz CT molecular complexity index is 370. The molecule has 0 aliphatic heterocycles. The summed E-state index contributed by atoms with van der Waals surface area (Å²) in [6.45, 7) is 2.72. The lowest BCUT2D eigenvalue weighted by Crippen LogP contribution is -2.30. The number of aryl methyl sites for hydroxylation is 1. The quantitative estimate of drug-likeness (QED) is 0.810. The van der Waals surface area contributed by atoms with Gasteiger partial charge >= 0.3 is 0 Å². The molecule has 1 heterocycles. The lowest BCUT2D eigenvalue weighted by Gasteiger charge is -2.11. The molecule has 1 aromatic heterocycles. The minimum Gasteiger partial charge on any atom is -0.351 e. The highest BCUT2D eigenvalue weighted by molar-refractivity contribution is 7.13. The van der Waals surface area contributed by atoms with Gasteiger partial charge in [0.25, 0.3) is 5.91 Å². The number of rotatable bonds is 4. The molecule has 0 aromatic carbocycles. The molecule has 82 valence electrons. The fraction of sp³-hybridized carbons (Fsp3) is 0.545. The maximum Gasteiger partial charge on any atom is 0.261 e. The molecule has 1 amide bonds. The molecular formula is C11H14ClNOS. The molecule has 1 aliphatic rings. The van der Waals surface area contributed by atoms with E-state index in [2.05, 4.69) is 5.32 Å². The van der Waals surface area contributed by atoms with Crippen molar-refractivity contribution in [1.82, 2.24) is 5.32 Å². The average Bonchev–Trinajstić information content (AvgIpc) is 2.90. The zero-order chi connectivity index (χ0) is 10.9. The number of carbonyl (C=O) groups excluding carboxylic acids is 1. The van der Waals surface area contributed by atoms with Crippen molar-refractivity contribution in [3.05, 3.63) is 21.9 Å². The molecule has 1 fully saturated rings. The van der Waals surface area contributed by atoms with Crippen molar-refractivity contribution in [2.75, 3.05) is 12.4 Å².